The van der Waals surface area contributed by atoms with E-state index < -0.39 is 0 Å². The molecule has 0 aliphatic rings. The summed E-state index contributed by atoms with van der Waals surface area (Å²) in [6, 6.07) is 0. The van der Waals surface area contributed by atoms with Gasteiger partial charge < -0.3 is 10.4 Å². The van der Waals surface area contributed by atoms with Gasteiger partial charge in [-0.15, -0.1) is 0 Å². The average molecular weight is 239 g/mol. The Hall–Kier alpha value is -1.36. The minimum absolute atomic E-state index is 0.0326. The smallest absolute Gasteiger partial charge is 0.241 e. The number of aromatic nitrogens is 2. The molecule has 1 aromatic rings. The van der Waals surface area contributed by atoms with Crippen LogP contribution in [0.25, 0.3) is 0 Å². The molecule has 0 aromatic carbocycles. The van der Waals surface area contributed by atoms with Gasteiger partial charge >= 0.3 is 0 Å². The van der Waals surface area contributed by atoms with Gasteiger partial charge in [0.05, 0.1) is 12.3 Å². The van der Waals surface area contributed by atoms with Crippen LogP contribution in [-0.4, -0.2) is 27.3 Å². The van der Waals surface area contributed by atoms with Gasteiger partial charge in [-0.05, 0) is 20.3 Å². The number of nitrogens with zero attached hydrogens (tertiary/aromatic N) is 2. The SMILES string of the molecule is CCCCNC(=O)Cn1nc(C)c(CO)c1C. The first kappa shape index (κ1) is 13.7. The van der Waals surface area contributed by atoms with Crippen LogP contribution in [0.4, 0.5) is 0 Å². The Morgan fingerprint density at radius 3 is 2.71 bits per heavy atom. The van der Waals surface area contributed by atoms with Gasteiger partial charge in [0.1, 0.15) is 6.54 Å². The Kier molecular flexibility index (Phi) is 5.15. The van der Waals surface area contributed by atoms with E-state index in [2.05, 4.69) is 17.3 Å². The molecule has 5 nitrogen and oxygen atoms in total. The van der Waals surface area contributed by atoms with Crippen LogP contribution in [0.1, 0.15) is 36.7 Å². The van der Waals surface area contributed by atoms with Crippen LogP contribution in [0.3, 0.4) is 0 Å². The van der Waals surface area contributed by atoms with Crippen LogP contribution in [0.15, 0.2) is 0 Å². The fourth-order valence-corrected chi connectivity index (χ4v) is 1.71. The molecule has 17 heavy (non-hydrogen) atoms. The molecule has 0 saturated carbocycles. The Balaban J connectivity index is 2.59. The second-order valence-electron chi connectivity index (χ2n) is 4.17. The zero-order chi connectivity index (χ0) is 12.8. The Labute approximate surface area is 102 Å². The number of aryl methyl sites for hydroxylation is 1. The topological polar surface area (TPSA) is 67.2 Å². The van der Waals surface area contributed by atoms with Gasteiger partial charge in [-0.2, -0.15) is 5.10 Å². The normalized spacial score (nSPS) is 10.6. The quantitative estimate of drug-likeness (QED) is 0.725. The largest absolute Gasteiger partial charge is 0.392 e. The number of aliphatic hydroxyl groups excluding tert-OH is 1. The molecule has 0 atom stereocenters. The third-order valence-corrected chi connectivity index (χ3v) is 2.84. The fourth-order valence-electron chi connectivity index (χ4n) is 1.71. The molecule has 1 aromatic heterocycles. The third kappa shape index (κ3) is 3.56. The summed E-state index contributed by atoms with van der Waals surface area (Å²) in [6.45, 7) is 6.68. The van der Waals surface area contributed by atoms with E-state index >= 15 is 0 Å². The highest BCUT2D eigenvalue weighted by Crippen LogP contribution is 2.12. The fraction of sp³-hybridized carbons (Fsp3) is 0.667. The lowest BCUT2D eigenvalue weighted by atomic mass is 10.2. The van der Waals surface area contributed by atoms with E-state index in [9.17, 15) is 4.79 Å². The van der Waals surface area contributed by atoms with Gasteiger partial charge in [-0.1, -0.05) is 13.3 Å². The molecule has 5 heteroatoms. The molecule has 0 aliphatic heterocycles. The lowest BCUT2D eigenvalue weighted by Crippen LogP contribution is -2.29. The summed E-state index contributed by atoms with van der Waals surface area (Å²) in [6.07, 6.45) is 2.06. The standard InChI is InChI=1S/C12H21N3O2/c1-4-5-6-13-12(17)7-15-10(3)11(8-16)9(2)14-15/h16H,4-8H2,1-3H3,(H,13,17). The van der Waals surface area contributed by atoms with Crippen molar-refractivity contribution in [1.82, 2.24) is 15.1 Å². The summed E-state index contributed by atoms with van der Waals surface area (Å²) in [7, 11) is 0. The number of amides is 1. The lowest BCUT2D eigenvalue weighted by Gasteiger charge is -2.06. The maximum Gasteiger partial charge on any atom is 0.241 e. The first-order valence-electron chi connectivity index (χ1n) is 6.00. The van der Waals surface area contributed by atoms with Crippen molar-refractivity contribution in [2.24, 2.45) is 0 Å². The van der Waals surface area contributed by atoms with E-state index in [0.29, 0.717) is 6.54 Å². The Morgan fingerprint density at radius 1 is 1.47 bits per heavy atom. The summed E-state index contributed by atoms with van der Waals surface area (Å²) < 4.78 is 1.64. The van der Waals surface area contributed by atoms with E-state index in [-0.39, 0.29) is 19.1 Å². The molecule has 96 valence electrons. The van der Waals surface area contributed by atoms with Crippen LogP contribution in [0.2, 0.25) is 0 Å². The zero-order valence-corrected chi connectivity index (χ0v) is 10.8. The number of hydrogen-bond donors (Lipinski definition) is 2. The minimum Gasteiger partial charge on any atom is -0.392 e. The molecule has 2 N–H and O–H groups in total. The molecule has 1 heterocycles. The van der Waals surface area contributed by atoms with Crippen LogP contribution >= 0.6 is 0 Å². The van der Waals surface area contributed by atoms with Gasteiger partial charge in [0.2, 0.25) is 5.91 Å². The van der Waals surface area contributed by atoms with E-state index in [0.717, 1.165) is 29.8 Å². The molecule has 0 aliphatic carbocycles. The molecule has 0 saturated heterocycles. The van der Waals surface area contributed by atoms with Gasteiger partial charge in [0.25, 0.3) is 0 Å². The number of carbonyl (C=O) groups is 1. The summed E-state index contributed by atoms with van der Waals surface area (Å²) >= 11 is 0. The molecule has 0 spiro atoms. The second-order valence-corrected chi connectivity index (χ2v) is 4.17. The number of aliphatic hydroxyl groups is 1. The number of nitrogens with one attached hydrogen (secondary N) is 1. The summed E-state index contributed by atoms with van der Waals surface area (Å²) in [5.41, 5.74) is 2.45. The van der Waals surface area contributed by atoms with Gasteiger partial charge in [0, 0.05) is 17.8 Å². The Morgan fingerprint density at radius 2 is 2.18 bits per heavy atom. The number of rotatable bonds is 6. The second kappa shape index (κ2) is 6.39. The van der Waals surface area contributed by atoms with Crippen LogP contribution in [-0.2, 0) is 17.9 Å². The highest BCUT2D eigenvalue weighted by molar-refractivity contribution is 5.75. The molecule has 0 radical (unpaired) electrons. The van der Waals surface area contributed by atoms with E-state index in [1.54, 1.807) is 4.68 Å². The number of carbonyl (C=O) groups excluding carboxylic acids is 1. The van der Waals surface area contributed by atoms with Crippen molar-refractivity contribution in [3.8, 4) is 0 Å². The van der Waals surface area contributed by atoms with E-state index in [1.807, 2.05) is 13.8 Å². The van der Waals surface area contributed by atoms with Crippen molar-refractivity contribution in [3.05, 3.63) is 17.0 Å². The van der Waals surface area contributed by atoms with Crippen LogP contribution in [0.5, 0.6) is 0 Å². The average Bonchev–Trinajstić information content (AvgIpc) is 2.54. The molecule has 1 amide bonds. The lowest BCUT2D eigenvalue weighted by molar-refractivity contribution is -0.121. The molecule has 0 unspecified atom stereocenters. The minimum atomic E-state index is -0.0338. The van der Waals surface area contributed by atoms with Crippen molar-refractivity contribution >= 4 is 5.91 Å². The molecule has 1 rings (SSSR count). The van der Waals surface area contributed by atoms with Gasteiger partial charge in [-0.25, -0.2) is 0 Å². The maximum atomic E-state index is 11.6. The van der Waals surface area contributed by atoms with Crippen molar-refractivity contribution in [1.29, 1.82) is 0 Å². The summed E-state index contributed by atoms with van der Waals surface area (Å²) in [4.78, 5) is 11.6. The highest BCUT2D eigenvalue weighted by Gasteiger charge is 2.12. The first-order chi connectivity index (χ1) is 8.10. The third-order valence-electron chi connectivity index (χ3n) is 2.84. The van der Waals surface area contributed by atoms with Crippen LogP contribution in [0, 0.1) is 13.8 Å². The Bertz CT molecular complexity index is 385. The predicted octanol–water partition coefficient (Wildman–Crippen LogP) is 0.909. The molecule has 0 bridgehead atoms. The first-order valence-corrected chi connectivity index (χ1v) is 6.00. The van der Waals surface area contributed by atoms with Crippen LogP contribution < -0.4 is 5.32 Å². The van der Waals surface area contributed by atoms with Gasteiger partial charge in [-0.3, -0.25) is 9.48 Å². The maximum absolute atomic E-state index is 11.6. The van der Waals surface area contributed by atoms with Crippen molar-refractivity contribution in [2.45, 2.75) is 46.8 Å². The van der Waals surface area contributed by atoms with Crippen molar-refractivity contribution in [2.75, 3.05) is 6.54 Å². The monoisotopic (exact) mass is 239 g/mol. The molecule has 0 fully saturated rings. The summed E-state index contributed by atoms with van der Waals surface area (Å²) in [5, 5.41) is 16.3. The zero-order valence-electron chi connectivity index (χ0n) is 10.8. The summed E-state index contributed by atoms with van der Waals surface area (Å²) in [5.74, 6) is -0.0338. The van der Waals surface area contributed by atoms with Crippen molar-refractivity contribution < 1.29 is 9.90 Å². The van der Waals surface area contributed by atoms with E-state index in [4.69, 9.17) is 5.11 Å². The highest BCUT2D eigenvalue weighted by atomic mass is 16.3. The predicted molar refractivity (Wildman–Crippen MR) is 65.5 cm³/mol. The molecular weight excluding hydrogens is 218 g/mol. The number of hydrogen-bond acceptors (Lipinski definition) is 3. The number of unbranched alkanes of at least 4 members (excludes halogenated alkanes) is 1. The van der Waals surface area contributed by atoms with E-state index in [1.165, 1.54) is 0 Å². The molecular formula is C12H21N3O2. The van der Waals surface area contributed by atoms with Gasteiger partial charge in [0.15, 0.2) is 0 Å². The van der Waals surface area contributed by atoms with Crippen molar-refractivity contribution in [3.63, 3.8) is 0 Å².